The number of aromatic nitrogens is 1. The number of aryl methyl sites for hydroxylation is 1. The third-order valence-electron chi connectivity index (χ3n) is 4.53. The average molecular weight is 374 g/mol. The van der Waals surface area contributed by atoms with Crippen molar-refractivity contribution in [3.8, 4) is 5.75 Å². The highest BCUT2D eigenvalue weighted by molar-refractivity contribution is 6.40. The molecule has 2 heterocycles. The van der Waals surface area contributed by atoms with E-state index in [2.05, 4.69) is 10.3 Å². The number of benzene rings is 1. The highest BCUT2D eigenvalue weighted by atomic mass is 35.5. The Morgan fingerprint density at radius 3 is 2.73 bits per heavy atom. The van der Waals surface area contributed by atoms with Crippen LogP contribution in [0.4, 0.5) is 5.69 Å². The number of pyridine rings is 1. The van der Waals surface area contributed by atoms with Gasteiger partial charge in [0.25, 0.3) is 0 Å². The molecule has 1 aromatic carbocycles. The monoisotopic (exact) mass is 373 g/mol. The maximum Gasteiger partial charge on any atom is 0.314 e. The predicted molar refractivity (Wildman–Crippen MR) is 99.3 cm³/mol. The van der Waals surface area contributed by atoms with Crippen LogP contribution in [0.15, 0.2) is 36.7 Å². The molecule has 1 saturated heterocycles. The number of hydrogen-bond donors (Lipinski definition) is 1. The second-order valence-electron chi connectivity index (χ2n) is 6.19. The molecule has 3 rings (SSSR count). The van der Waals surface area contributed by atoms with Gasteiger partial charge in [0, 0.05) is 30.0 Å². The van der Waals surface area contributed by atoms with Crippen molar-refractivity contribution in [2.24, 2.45) is 0 Å². The predicted octanol–water partition coefficient (Wildman–Crippen LogP) is 3.35. The lowest BCUT2D eigenvalue weighted by atomic mass is 10.1. The van der Waals surface area contributed by atoms with Crippen LogP contribution in [0, 0.1) is 6.92 Å². The molecule has 1 aliphatic heterocycles. The van der Waals surface area contributed by atoms with E-state index < -0.39 is 11.8 Å². The van der Waals surface area contributed by atoms with Crippen molar-refractivity contribution in [3.63, 3.8) is 0 Å². The minimum absolute atomic E-state index is 0.106. The third-order valence-corrected chi connectivity index (χ3v) is 4.93. The summed E-state index contributed by atoms with van der Waals surface area (Å²) < 4.78 is 5.25. The molecule has 2 aromatic rings. The summed E-state index contributed by atoms with van der Waals surface area (Å²) in [5.41, 5.74) is 2.19. The smallest absolute Gasteiger partial charge is 0.314 e. The topological polar surface area (TPSA) is 71.5 Å². The second-order valence-corrected chi connectivity index (χ2v) is 6.60. The van der Waals surface area contributed by atoms with Crippen LogP contribution in [0.2, 0.25) is 5.02 Å². The van der Waals surface area contributed by atoms with Gasteiger partial charge in [-0.05, 0) is 49.1 Å². The number of anilines is 1. The van der Waals surface area contributed by atoms with Gasteiger partial charge in [-0.25, -0.2) is 0 Å². The molecule has 1 aliphatic rings. The van der Waals surface area contributed by atoms with Crippen LogP contribution in [0.5, 0.6) is 5.75 Å². The summed E-state index contributed by atoms with van der Waals surface area (Å²) >= 11 is 6.08. The zero-order valence-electron chi connectivity index (χ0n) is 14.7. The number of amides is 2. The normalized spacial score (nSPS) is 16.4. The summed E-state index contributed by atoms with van der Waals surface area (Å²) in [4.78, 5) is 30.9. The van der Waals surface area contributed by atoms with Gasteiger partial charge in [0.2, 0.25) is 0 Å². The standard InChI is InChI=1S/C19H20ClN3O3/c1-12-10-15(17(26-2)11-14(12)20)22-18(24)19(25)23-9-3-4-16(23)13-5-7-21-8-6-13/h5-8,10-11,16H,3-4,9H2,1-2H3,(H,22,24)/t16-/m0/s1. The number of methoxy groups -OCH3 is 1. The number of hydrogen-bond acceptors (Lipinski definition) is 4. The van der Waals surface area contributed by atoms with E-state index in [1.807, 2.05) is 19.1 Å². The number of likely N-dealkylation sites (tertiary alicyclic amines) is 1. The van der Waals surface area contributed by atoms with Crippen molar-refractivity contribution in [1.29, 1.82) is 0 Å². The summed E-state index contributed by atoms with van der Waals surface area (Å²) in [6, 6.07) is 6.95. The first kappa shape index (κ1) is 18.2. The SMILES string of the molecule is COc1cc(Cl)c(C)cc1NC(=O)C(=O)N1CCC[C@H]1c1ccncc1. The van der Waals surface area contributed by atoms with Gasteiger partial charge in [-0.3, -0.25) is 14.6 Å². The molecule has 0 radical (unpaired) electrons. The maximum absolute atomic E-state index is 12.7. The minimum Gasteiger partial charge on any atom is -0.495 e. The van der Waals surface area contributed by atoms with Gasteiger partial charge in [0.05, 0.1) is 18.8 Å². The number of carbonyl (C=O) groups excluding carboxylic acids is 2. The van der Waals surface area contributed by atoms with Crippen molar-refractivity contribution in [2.45, 2.75) is 25.8 Å². The number of nitrogens with one attached hydrogen (secondary N) is 1. The summed E-state index contributed by atoms with van der Waals surface area (Å²) in [5.74, 6) is -0.834. The first-order valence-electron chi connectivity index (χ1n) is 8.37. The largest absolute Gasteiger partial charge is 0.495 e. The molecule has 136 valence electrons. The van der Waals surface area contributed by atoms with Gasteiger partial charge in [0.15, 0.2) is 0 Å². The van der Waals surface area contributed by atoms with Crippen LogP contribution >= 0.6 is 11.6 Å². The Kier molecular flexibility index (Phi) is 5.42. The number of rotatable bonds is 3. The maximum atomic E-state index is 12.7. The molecule has 26 heavy (non-hydrogen) atoms. The van der Waals surface area contributed by atoms with Crippen LogP contribution < -0.4 is 10.1 Å². The van der Waals surface area contributed by atoms with Gasteiger partial charge in [0.1, 0.15) is 5.75 Å². The van der Waals surface area contributed by atoms with E-state index in [9.17, 15) is 9.59 Å². The first-order chi connectivity index (χ1) is 12.5. The molecule has 0 bridgehead atoms. The van der Waals surface area contributed by atoms with Crippen LogP contribution in [0.25, 0.3) is 0 Å². The van der Waals surface area contributed by atoms with Crippen molar-refractivity contribution in [2.75, 3.05) is 19.0 Å². The molecule has 1 N–H and O–H groups in total. The first-order valence-corrected chi connectivity index (χ1v) is 8.75. The van der Waals surface area contributed by atoms with Crippen LogP contribution in [-0.4, -0.2) is 35.4 Å². The van der Waals surface area contributed by atoms with E-state index in [1.165, 1.54) is 7.11 Å². The lowest BCUT2D eigenvalue weighted by Crippen LogP contribution is -2.39. The van der Waals surface area contributed by atoms with Crippen LogP contribution in [-0.2, 0) is 9.59 Å². The van der Waals surface area contributed by atoms with E-state index in [0.717, 1.165) is 24.0 Å². The fraction of sp³-hybridized carbons (Fsp3) is 0.316. The van der Waals surface area contributed by atoms with Gasteiger partial charge in [-0.2, -0.15) is 0 Å². The molecular formula is C19H20ClN3O3. The van der Waals surface area contributed by atoms with E-state index >= 15 is 0 Å². The Morgan fingerprint density at radius 2 is 2.04 bits per heavy atom. The zero-order valence-corrected chi connectivity index (χ0v) is 15.4. The molecule has 0 saturated carbocycles. The molecule has 1 aromatic heterocycles. The summed E-state index contributed by atoms with van der Waals surface area (Å²) in [6.45, 7) is 2.37. The number of carbonyl (C=O) groups is 2. The van der Waals surface area contributed by atoms with Crippen LogP contribution in [0.1, 0.15) is 30.0 Å². The fourth-order valence-corrected chi connectivity index (χ4v) is 3.33. The lowest BCUT2D eigenvalue weighted by molar-refractivity contribution is -0.143. The fourth-order valence-electron chi connectivity index (χ4n) is 3.18. The van der Waals surface area contributed by atoms with Gasteiger partial charge in [-0.1, -0.05) is 11.6 Å². The zero-order chi connectivity index (χ0) is 18.7. The molecule has 1 atom stereocenters. The van der Waals surface area contributed by atoms with Crippen LogP contribution in [0.3, 0.4) is 0 Å². The molecule has 7 heteroatoms. The van der Waals surface area contributed by atoms with E-state index in [0.29, 0.717) is 23.0 Å². The highest BCUT2D eigenvalue weighted by Gasteiger charge is 2.33. The van der Waals surface area contributed by atoms with E-state index in [-0.39, 0.29) is 6.04 Å². The Balaban J connectivity index is 1.78. The molecule has 2 amide bonds. The Morgan fingerprint density at radius 1 is 1.31 bits per heavy atom. The summed E-state index contributed by atoms with van der Waals surface area (Å²) in [6.07, 6.45) is 5.07. The molecule has 6 nitrogen and oxygen atoms in total. The van der Waals surface area contributed by atoms with Gasteiger partial charge < -0.3 is 15.0 Å². The van der Waals surface area contributed by atoms with Crippen molar-refractivity contribution < 1.29 is 14.3 Å². The summed E-state index contributed by atoms with van der Waals surface area (Å²) in [7, 11) is 1.48. The molecule has 0 spiro atoms. The van der Waals surface area contributed by atoms with Crippen molar-refractivity contribution in [3.05, 3.63) is 52.8 Å². The van der Waals surface area contributed by atoms with Gasteiger partial charge in [-0.15, -0.1) is 0 Å². The number of ether oxygens (including phenoxy) is 1. The average Bonchev–Trinajstić information content (AvgIpc) is 3.14. The quantitative estimate of drug-likeness (QED) is 0.837. The van der Waals surface area contributed by atoms with E-state index in [4.69, 9.17) is 16.3 Å². The minimum atomic E-state index is -0.689. The summed E-state index contributed by atoms with van der Waals surface area (Å²) in [5, 5.41) is 3.18. The number of halogens is 1. The number of nitrogens with zero attached hydrogens (tertiary/aromatic N) is 2. The second kappa shape index (κ2) is 7.74. The highest BCUT2D eigenvalue weighted by Crippen LogP contribution is 2.33. The Labute approximate surface area is 157 Å². The van der Waals surface area contributed by atoms with Crippen molar-refractivity contribution >= 4 is 29.1 Å². The Bertz CT molecular complexity index is 826. The molecule has 0 unspecified atom stereocenters. The van der Waals surface area contributed by atoms with Gasteiger partial charge >= 0.3 is 11.8 Å². The molecule has 1 fully saturated rings. The van der Waals surface area contributed by atoms with E-state index in [1.54, 1.807) is 29.4 Å². The van der Waals surface area contributed by atoms with Crippen molar-refractivity contribution in [1.82, 2.24) is 9.88 Å². The Hall–Kier alpha value is -2.60. The molecule has 0 aliphatic carbocycles. The molecular weight excluding hydrogens is 354 g/mol. The third kappa shape index (κ3) is 3.65. The lowest BCUT2D eigenvalue weighted by Gasteiger charge is -2.24.